The van der Waals surface area contributed by atoms with Gasteiger partial charge in [-0.2, -0.15) is 0 Å². The lowest BCUT2D eigenvalue weighted by Crippen LogP contribution is -2.38. The van der Waals surface area contributed by atoms with Crippen LogP contribution in [0.5, 0.6) is 5.75 Å². The highest BCUT2D eigenvalue weighted by Crippen LogP contribution is 2.36. The van der Waals surface area contributed by atoms with Crippen molar-refractivity contribution < 1.29 is 9.53 Å². The number of thioether (sulfide) groups is 1. The molecule has 1 aliphatic heterocycles. The molecule has 0 aromatic heterocycles. The Kier molecular flexibility index (Phi) is 4.24. The van der Waals surface area contributed by atoms with Gasteiger partial charge in [-0.1, -0.05) is 12.1 Å². The Morgan fingerprint density at radius 1 is 1.27 bits per heavy atom. The summed E-state index contributed by atoms with van der Waals surface area (Å²) in [5.74, 6) is 0.764. The minimum Gasteiger partial charge on any atom is -0.489 e. The van der Waals surface area contributed by atoms with Crippen LogP contribution in [0.4, 0.5) is 11.4 Å². The second-order valence-electron chi connectivity index (χ2n) is 4.93. The van der Waals surface area contributed by atoms with Crippen molar-refractivity contribution >= 4 is 29.0 Å². The van der Waals surface area contributed by atoms with Gasteiger partial charge in [-0.05, 0) is 36.6 Å². The smallest absolute Gasteiger partial charge is 0.260 e. The Morgan fingerprint density at radius 3 is 2.86 bits per heavy atom. The van der Waals surface area contributed by atoms with Gasteiger partial charge in [0, 0.05) is 17.6 Å². The predicted molar refractivity (Wildman–Crippen MR) is 91.4 cm³/mol. The van der Waals surface area contributed by atoms with Crippen molar-refractivity contribution in [2.75, 3.05) is 36.7 Å². The normalized spacial score (nSPS) is 13.3. The molecule has 22 heavy (non-hydrogen) atoms. The molecule has 0 bridgehead atoms. The first kappa shape index (κ1) is 14.8. The van der Waals surface area contributed by atoms with Crippen LogP contribution in [0.3, 0.4) is 0 Å². The van der Waals surface area contributed by atoms with Crippen LogP contribution in [0.2, 0.25) is 0 Å². The van der Waals surface area contributed by atoms with E-state index in [9.17, 15) is 4.79 Å². The van der Waals surface area contributed by atoms with E-state index in [4.69, 9.17) is 4.74 Å². The van der Waals surface area contributed by atoms with Gasteiger partial charge in [0.25, 0.3) is 5.91 Å². The van der Waals surface area contributed by atoms with E-state index < -0.39 is 0 Å². The zero-order chi connectivity index (χ0) is 15.5. The van der Waals surface area contributed by atoms with Gasteiger partial charge in [0.2, 0.25) is 0 Å². The van der Waals surface area contributed by atoms with Crippen molar-refractivity contribution in [3.8, 4) is 5.75 Å². The van der Waals surface area contributed by atoms with Crippen molar-refractivity contribution in [2.24, 2.45) is 0 Å². The van der Waals surface area contributed by atoms with Crippen molar-refractivity contribution in [1.29, 1.82) is 0 Å². The summed E-state index contributed by atoms with van der Waals surface area (Å²) in [6.07, 6.45) is 2.02. The fourth-order valence-electron chi connectivity index (χ4n) is 2.57. The lowest BCUT2D eigenvalue weighted by Gasteiger charge is -2.30. The van der Waals surface area contributed by atoms with Gasteiger partial charge in [-0.15, -0.1) is 11.8 Å². The van der Waals surface area contributed by atoms with Gasteiger partial charge in [0.1, 0.15) is 12.4 Å². The van der Waals surface area contributed by atoms with E-state index in [1.807, 2.05) is 55.8 Å². The van der Waals surface area contributed by atoms with E-state index >= 15 is 0 Å². The van der Waals surface area contributed by atoms with Gasteiger partial charge in [0.15, 0.2) is 0 Å². The van der Waals surface area contributed by atoms with Gasteiger partial charge in [0.05, 0.1) is 17.8 Å². The molecule has 1 amide bonds. The van der Waals surface area contributed by atoms with Crippen LogP contribution >= 0.6 is 11.8 Å². The quantitative estimate of drug-likeness (QED) is 0.881. The second-order valence-corrected chi connectivity index (χ2v) is 5.81. The minimum absolute atomic E-state index is 0.00796. The number of ether oxygens (including phenoxy) is 1. The van der Waals surface area contributed by atoms with Crippen LogP contribution in [0.1, 0.15) is 10.4 Å². The van der Waals surface area contributed by atoms with E-state index in [-0.39, 0.29) is 5.91 Å². The van der Waals surface area contributed by atoms with E-state index in [2.05, 4.69) is 5.32 Å². The predicted octanol–water partition coefficient (Wildman–Crippen LogP) is 3.49. The van der Waals surface area contributed by atoms with Crippen LogP contribution in [-0.4, -0.2) is 32.4 Å². The summed E-state index contributed by atoms with van der Waals surface area (Å²) in [7, 11) is 1.82. The molecule has 0 saturated carbocycles. The maximum absolute atomic E-state index is 12.9. The Bertz CT molecular complexity index is 703. The van der Waals surface area contributed by atoms with Crippen LogP contribution in [0.15, 0.2) is 47.4 Å². The van der Waals surface area contributed by atoms with Crippen LogP contribution in [0, 0.1) is 0 Å². The van der Waals surface area contributed by atoms with Gasteiger partial charge < -0.3 is 15.0 Å². The highest BCUT2D eigenvalue weighted by Gasteiger charge is 2.26. The van der Waals surface area contributed by atoms with Crippen LogP contribution in [0.25, 0.3) is 0 Å². The number of rotatable bonds is 3. The largest absolute Gasteiger partial charge is 0.489 e. The maximum Gasteiger partial charge on any atom is 0.260 e. The number of nitrogens with one attached hydrogen (secondary N) is 1. The number of para-hydroxylation sites is 1. The number of anilines is 2. The third kappa shape index (κ3) is 2.64. The molecule has 4 nitrogen and oxygen atoms in total. The van der Waals surface area contributed by atoms with Crippen molar-refractivity contribution in [1.82, 2.24) is 0 Å². The first-order valence-electron chi connectivity index (χ1n) is 7.14. The van der Waals surface area contributed by atoms with E-state index in [0.29, 0.717) is 18.7 Å². The van der Waals surface area contributed by atoms with Crippen LogP contribution in [-0.2, 0) is 0 Å². The topological polar surface area (TPSA) is 41.6 Å². The summed E-state index contributed by atoms with van der Waals surface area (Å²) in [5, 5.41) is 3.08. The zero-order valence-electron chi connectivity index (χ0n) is 12.6. The Balaban J connectivity index is 1.98. The number of hydrogen-bond donors (Lipinski definition) is 1. The molecule has 2 aromatic carbocycles. The number of benzene rings is 2. The van der Waals surface area contributed by atoms with Gasteiger partial charge in [-0.3, -0.25) is 4.79 Å². The molecule has 0 fully saturated rings. The van der Waals surface area contributed by atoms with E-state index in [1.165, 1.54) is 0 Å². The van der Waals surface area contributed by atoms with E-state index in [0.717, 1.165) is 22.0 Å². The Hall–Kier alpha value is -2.14. The summed E-state index contributed by atoms with van der Waals surface area (Å²) in [5.41, 5.74) is 2.34. The monoisotopic (exact) mass is 314 g/mol. The fraction of sp³-hybridized carbons (Fsp3) is 0.235. The lowest BCUT2D eigenvalue weighted by molar-refractivity contribution is 0.0977. The third-order valence-electron chi connectivity index (χ3n) is 3.70. The van der Waals surface area contributed by atoms with E-state index in [1.54, 1.807) is 16.7 Å². The maximum atomic E-state index is 12.9. The minimum atomic E-state index is -0.00796. The molecule has 0 aliphatic carbocycles. The second kappa shape index (κ2) is 6.32. The lowest BCUT2D eigenvalue weighted by atomic mass is 10.1. The highest BCUT2D eigenvalue weighted by atomic mass is 32.2. The summed E-state index contributed by atoms with van der Waals surface area (Å²) < 4.78 is 5.72. The molecule has 1 heterocycles. The standard InChI is InChI=1S/C17H18N2O2S/c1-18-14-6-4-3-5-13(14)17(20)19-9-10-21-16-11-12(22-2)7-8-15(16)19/h3-8,11,18H,9-10H2,1-2H3. The zero-order valence-corrected chi connectivity index (χ0v) is 13.4. The Labute approximate surface area is 134 Å². The SMILES string of the molecule is CNc1ccccc1C(=O)N1CCOc2cc(SC)ccc21. The molecule has 0 saturated heterocycles. The molecule has 0 radical (unpaired) electrons. The number of fused-ring (bicyclic) bond motifs is 1. The molecule has 1 N–H and O–H groups in total. The molecule has 5 heteroatoms. The van der Waals surface area contributed by atoms with Crippen LogP contribution < -0.4 is 15.0 Å². The molecule has 0 spiro atoms. The summed E-state index contributed by atoms with van der Waals surface area (Å²) in [6.45, 7) is 1.07. The first-order valence-corrected chi connectivity index (χ1v) is 8.36. The summed E-state index contributed by atoms with van der Waals surface area (Å²) in [6, 6.07) is 13.5. The number of hydrogen-bond acceptors (Lipinski definition) is 4. The van der Waals surface area contributed by atoms with Gasteiger partial charge >= 0.3 is 0 Å². The molecule has 0 atom stereocenters. The van der Waals surface area contributed by atoms with Crippen molar-refractivity contribution in [3.63, 3.8) is 0 Å². The van der Waals surface area contributed by atoms with Crippen molar-refractivity contribution in [3.05, 3.63) is 48.0 Å². The average molecular weight is 314 g/mol. The molecule has 114 valence electrons. The number of carbonyl (C=O) groups is 1. The number of amides is 1. The summed E-state index contributed by atoms with van der Waals surface area (Å²) in [4.78, 5) is 15.8. The van der Waals surface area contributed by atoms with Gasteiger partial charge in [-0.25, -0.2) is 0 Å². The number of nitrogens with zero attached hydrogens (tertiary/aromatic N) is 1. The molecule has 1 aliphatic rings. The highest BCUT2D eigenvalue weighted by molar-refractivity contribution is 7.98. The molecule has 0 unspecified atom stereocenters. The molecular weight excluding hydrogens is 296 g/mol. The molecular formula is C17H18N2O2S. The molecule has 2 aromatic rings. The number of carbonyl (C=O) groups excluding carboxylic acids is 1. The third-order valence-corrected chi connectivity index (χ3v) is 4.43. The first-order chi connectivity index (χ1) is 10.7. The summed E-state index contributed by atoms with van der Waals surface area (Å²) >= 11 is 1.66. The molecule has 3 rings (SSSR count). The Morgan fingerprint density at radius 2 is 2.09 bits per heavy atom. The average Bonchev–Trinajstić information content (AvgIpc) is 2.60. The van der Waals surface area contributed by atoms with Crippen molar-refractivity contribution in [2.45, 2.75) is 4.90 Å². The fourth-order valence-corrected chi connectivity index (χ4v) is 3.00.